The molecule has 0 amide bonds. The fraction of sp³-hybridized carbons (Fsp3) is 0.0256. The third kappa shape index (κ3) is 7.77. The summed E-state index contributed by atoms with van der Waals surface area (Å²) in [5.41, 5.74) is -1.89. The van der Waals surface area contributed by atoms with Crippen LogP contribution in [0.5, 0.6) is 0 Å². The van der Waals surface area contributed by atoms with Gasteiger partial charge < -0.3 is 9.97 Å². The fourth-order valence-electron chi connectivity index (χ4n) is 7.94. The molecular weight excluding hydrogens is 1040 g/mol. The predicted octanol–water partition coefficient (Wildman–Crippen LogP) is 4.96. The Bertz CT molecular complexity index is 4320. The Hall–Kier alpha value is -6.63. The molecule has 5 heterocycles. The summed E-state index contributed by atoms with van der Waals surface area (Å²) in [4.78, 5) is 30.2. The van der Waals surface area contributed by atoms with Crippen LogP contribution >= 0.6 is 0 Å². The van der Waals surface area contributed by atoms with Gasteiger partial charge in [-0.1, -0.05) is 48.5 Å². The van der Waals surface area contributed by atoms with Crippen LogP contribution in [0.15, 0.2) is 115 Å². The second-order valence-electron chi connectivity index (χ2n) is 14.8. The number of sulfonamides is 1. The smallest absolute Gasteiger partial charge is 0.295 e. The molecule has 2 aliphatic rings. The van der Waals surface area contributed by atoms with Crippen molar-refractivity contribution in [2.24, 2.45) is 0 Å². The van der Waals surface area contributed by atoms with Gasteiger partial charge in [0.25, 0.3) is 50.5 Å². The first-order valence-corrected chi connectivity index (χ1v) is 26.0. The second-order valence-corrected chi connectivity index (χ2v) is 22.0. The molecule has 0 unspecified atom stereocenters. The van der Waals surface area contributed by atoms with Crippen LogP contribution in [0.3, 0.4) is 0 Å². The maximum atomic E-state index is 14.4. The van der Waals surface area contributed by atoms with E-state index in [9.17, 15) is 60.3 Å². The van der Waals surface area contributed by atoms with Crippen LogP contribution in [0.2, 0.25) is 0 Å². The predicted molar refractivity (Wildman–Crippen MR) is 237 cm³/mol. The Labute approximate surface area is 393 Å². The number of aryl methyl sites for hydroxylation is 1. The summed E-state index contributed by atoms with van der Waals surface area (Å²) in [5.74, 6) is -1.47. The average molecular weight is 1070 g/mol. The number of benzene rings is 5. The van der Waals surface area contributed by atoms with Crippen LogP contribution < -0.4 is 4.72 Å². The van der Waals surface area contributed by atoms with E-state index in [1.54, 1.807) is 0 Å². The quantitative estimate of drug-likeness (QED) is 0.0818. The number of aromatic nitrogens is 8. The van der Waals surface area contributed by atoms with Crippen LogP contribution in [0.4, 0.5) is 5.69 Å². The largest absolute Gasteiger partial charge is 0.324 e. The van der Waals surface area contributed by atoms with E-state index in [-0.39, 0.29) is 106 Å². The van der Waals surface area contributed by atoms with Gasteiger partial charge in [0.2, 0.25) is 0 Å². The van der Waals surface area contributed by atoms with Gasteiger partial charge in [-0.3, -0.25) is 22.9 Å². The van der Waals surface area contributed by atoms with Gasteiger partial charge in [0.05, 0.1) is 20.9 Å². The van der Waals surface area contributed by atoms with E-state index in [0.29, 0.717) is 0 Å². The number of H-pyrrole nitrogens is 2. The molecule has 0 fully saturated rings. The van der Waals surface area contributed by atoms with Gasteiger partial charge in [-0.05, 0) is 55.0 Å². The Morgan fingerprint density at radius 3 is 1.28 bits per heavy atom. The van der Waals surface area contributed by atoms with Crippen molar-refractivity contribution in [3.63, 3.8) is 0 Å². The summed E-state index contributed by atoms with van der Waals surface area (Å²) in [6.45, 7) is 1.33. The Morgan fingerprint density at radius 1 is 0.441 bits per heavy atom. The van der Waals surface area contributed by atoms with Crippen molar-refractivity contribution in [3.05, 3.63) is 96.6 Å². The summed E-state index contributed by atoms with van der Waals surface area (Å²) >= 11 is 0. The first-order chi connectivity index (χ1) is 31.4. The third-order valence-corrected chi connectivity index (χ3v) is 15.7. The van der Waals surface area contributed by atoms with E-state index in [4.69, 9.17) is 0 Å². The summed E-state index contributed by atoms with van der Waals surface area (Å²) in [7, 11) is -24.5. The molecule has 1 radical (unpaired) electrons. The normalized spacial score (nSPS) is 13.0. The second kappa shape index (κ2) is 15.7. The van der Waals surface area contributed by atoms with Gasteiger partial charge >= 0.3 is 0 Å². The molecule has 5 aromatic carbocycles. The third-order valence-electron chi connectivity index (χ3n) is 10.6. The van der Waals surface area contributed by atoms with Crippen LogP contribution in [0.25, 0.3) is 89.7 Å². The molecule has 68 heavy (non-hydrogen) atoms. The van der Waals surface area contributed by atoms with E-state index >= 15 is 0 Å². The monoisotopic (exact) mass is 1070 g/mol. The van der Waals surface area contributed by atoms with Crippen molar-refractivity contribution in [1.82, 2.24) is 39.9 Å². The summed E-state index contributed by atoms with van der Waals surface area (Å²) in [6, 6.07) is 18.3. The minimum atomic E-state index is -5.04. The number of rotatable bonds is 7. The maximum Gasteiger partial charge on any atom is 0.295 e. The van der Waals surface area contributed by atoms with Gasteiger partial charge in [0.15, 0.2) is 23.3 Å². The van der Waals surface area contributed by atoms with E-state index in [2.05, 4.69) is 44.6 Å². The molecule has 10 rings (SSSR count). The zero-order chi connectivity index (χ0) is 47.7. The average Bonchev–Trinajstić information content (AvgIpc) is 3.97. The van der Waals surface area contributed by atoms with Crippen LogP contribution in [0, 0.1) is 6.92 Å². The topological polar surface area (TPSA) is 373 Å². The van der Waals surface area contributed by atoms with Crippen molar-refractivity contribution >= 4 is 100 Å². The molecule has 8 bridgehead atoms. The SMILES string of the molecule is Cc1cc(NS(=O)(=O)c2cccc3c4nc5nc(nc6[nH]c(nc7nc(nc([nH]4)c23)-c2cccc(S(=O)(=O)O)c2-7)c2cccc(S(=O)(=O)O)c62)-c2cccc(S(=O)(=O)O)c2-5)ccc1S(=O)(=O)O.[Cu]. The number of anilines is 1. The number of hydrogen-bond donors (Lipinski definition) is 7. The molecule has 2 aliphatic heterocycles. The summed E-state index contributed by atoms with van der Waals surface area (Å²) in [6.07, 6.45) is 0. The molecule has 3 aromatic heterocycles. The molecular formula is C39H25CuN9O14S5. The molecule has 7 N–H and O–H groups in total. The van der Waals surface area contributed by atoms with Crippen LogP contribution in [-0.4, -0.2) is 100 Å². The fourth-order valence-corrected chi connectivity index (χ4v) is 12.1. The molecule has 351 valence electrons. The summed E-state index contributed by atoms with van der Waals surface area (Å²) in [5, 5.41) is -0.463. The van der Waals surface area contributed by atoms with Gasteiger partial charge in [0, 0.05) is 55.4 Å². The van der Waals surface area contributed by atoms with Crippen LogP contribution in [-0.2, 0) is 67.6 Å². The first kappa shape index (κ1) is 46.5. The van der Waals surface area contributed by atoms with Crippen molar-refractivity contribution in [2.45, 2.75) is 31.4 Å². The van der Waals surface area contributed by atoms with Gasteiger partial charge in [0.1, 0.15) is 37.3 Å². The van der Waals surface area contributed by atoms with Gasteiger partial charge in [-0.2, -0.15) is 33.7 Å². The molecule has 23 nitrogen and oxygen atoms in total. The number of nitrogens with one attached hydrogen (secondary N) is 3. The van der Waals surface area contributed by atoms with Crippen molar-refractivity contribution < 1.29 is 77.4 Å². The zero-order valence-corrected chi connectivity index (χ0v) is 38.6. The van der Waals surface area contributed by atoms with E-state index in [0.717, 1.165) is 36.4 Å². The molecule has 0 spiro atoms. The Morgan fingerprint density at radius 2 is 0.838 bits per heavy atom. The first-order valence-electron chi connectivity index (χ1n) is 18.8. The zero-order valence-electron chi connectivity index (χ0n) is 33.6. The maximum absolute atomic E-state index is 14.4. The summed E-state index contributed by atoms with van der Waals surface area (Å²) < 4.78 is 173. The molecule has 0 saturated carbocycles. The van der Waals surface area contributed by atoms with Crippen molar-refractivity contribution in [1.29, 1.82) is 0 Å². The van der Waals surface area contributed by atoms with Crippen molar-refractivity contribution in [2.75, 3.05) is 4.72 Å². The molecule has 29 heteroatoms. The molecule has 0 aliphatic carbocycles. The molecule has 0 saturated heterocycles. The number of aromatic amines is 2. The van der Waals surface area contributed by atoms with Gasteiger partial charge in [-0.25, -0.2) is 38.3 Å². The Kier molecular flexibility index (Phi) is 10.7. The molecule has 0 atom stereocenters. The van der Waals surface area contributed by atoms with E-state index in [1.165, 1.54) is 61.5 Å². The van der Waals surface area contributed by atoms with Crippen molar-refractivity contribution in [3.8, 4) is 45.6 Å². The van der Waals surface area contributed by atoms with Crippen LogP contribution in [0.1, 0.15) is 5.56 Å². The van der Waals surface area contributed by atoms with E-state index in [1.807, 2.05) is 0 Å². The Balaban J connectivity index is 0.00000578. The minimum Gasteiger partial charge on any atom is -0.324 e. The standard InChI is InChI=1S/C39H25N9O14S5.Cu/c1-17-16-18(14-15-23(17)64(51,52)53)48-63(49,50)24-10-2-6-19-28(24)36-40-32(19)42-37-30-21(8-4-12-26(30)66(57,58)59)34(44-37)46-39-31-22(9-5-13-27(31)67(60,61)62)35(47-39)45-38-29-20(33(41-36)43-38)7-3-11-25(29)65(54,55)56;/h2-16,48H,1H3,(H,51,52,53)(H,54,55,56)(H,57,58,59)(H,60,61,62)(H2,40,41,42,43,44,45,46,47);. The number of hydrogen-bond acceptors (Lipinski definition) is 16. The van der Waals surface area contributed by atoms with E-state index < -0.39 is 86.6 Å². The number of fused-ring (bicyclic) bond motifs is 20. The van der Waals surface area contributed by atoms with Gasteiger partial charge in [-0.15, -0.1) is 0 Å². The number of nitrogens with zero attached hydrogens (tertiary/aromatic N) is 6. The molecule has 8 aromatic rings. The minimum absolute atomic E-state index is 0.